The first kappa shape index (κ1) is 17.4. The molecule has 2 rings (SSSR count). The van der Waals surface area contributed by atoms with Gasteiger partial charge in [-0.2, -0.15) is 0 Å². The summed E-state index contributed by atoms with van der Waals surface area (Å²) in [5, 5.41) is 1.75. The lowest BCUT2D eigenvalue weighted by Crippen LogP contribution is -2.43. The molecule has 23 heavy (non-hydrogen) atoms. The molecule has 1 unspecified atom stereocenters. The maximum atomic E-state index is 12.8. The first-order valence-corrected chi connectivity index (χ1v) is 8.30. The van der Waals surface area contributed by atoms with E-state index in [0.717, 1.165) is 11.3 Å². The van der Waals surface area contributed by atoms with Crippen molar-refractivity contribution in [1.82, 2.24) is 4.90 Å². The topological polar surface area (TPSA) is 55.8 Å². The summed E-state index contributed by atoms with van der Waals surface area (Å²) in [5.74, 6) is 0.418. The van der Waals surface area contributed by atoms with Crippen molar-refractivity contribution < 1.29 is 19.1 Å². The maximum Gasteiger partial charge on any atom is 0.325 e. The second-order valence-electron chi connectivity index (χ2n) is 5.53. The molecule has 1 aromatic rings. The normalized spacial score (nSPS) is 18.0. The Labute approximate surface area is 140 Å². The number of thioether (sulfide) groups is 1. The molecule has 0 spiro atoms. The molecule has 6 heteroatoms. The zero-order valence-electron chi connectivity index (χ0n) is 13.7. The Morgan fingerprint density at radius 1 is 1.26 bits per heavy atom. The third-order valence-electron chi connectivity index (χ3n) is 3.63. The number of esters is 1. The van der Waals surface area contributed by atoms with Gasteiger partial charge < -0.3 is 9.47 Å². The molecule has 0 saturated carbocycles. The molecule has 1 aromatic carbocycles. The molecule has 124 valence electrons. The Hall–Kier alpha value is -1.95. The summed E-state index contributed by atoms with van der Waals surface area (Å²) in [6.07, 6.45) is 0. The predicted molar refractivity (Wildman–Crippen MR) is 90.9 cm³/mol. The SMILES string of the molecule is COC(=O)CN1C(=O)C(C(C)C)SC=C1c1ccc(OC)cc1. The Morgan fingerprint density at radius 3 is 2.43 bits per heavy atom. The van der Waals surface area contributed by atoms with Crippen LogP contribution in [0.4, 0.5) is 0 Å². The van der Waals surface area contributed by atoms with Gasteiger partial charge in [0.15, 0.2) is 0 Å². The molecule has 0 fully saturated rings. The summed E-state index contributed by atoms with van der Waals surface area (Å²) in [7, 11) is 2.92. The summed E-state index contributed by atoms with van der Waals surface area (Å²) >= 11 is 1.49. The average Bonchev–Trinajstić information content (AvgIpc) is 2.56. The number of carbonyl (C=O) groups excluding carboxylic acids is 2. The highest BCUT2D eigenvalue weighted by atomic mass is 32.2. The van der Waals surface area contributed by atoms with Crippen LogP contribution in [0.25, 0.3) is 5.70 Å². The van der Waals surface area contributed by atoms with E-state index < -0.39 is 5.97 Å². The summed E-state index contributed by atoms with van der Waals surface area (Å²) in [6, 6.07) is 7.41. The van der Waals surface area contributed by atoms with E-state index in [9.17, 15) is 9.59 Å². The van der Waals surface area contributed by atoms with Crippen LogP contribution in [0, 0.1) is 5.92 Å². The van der Waals surface area contributed by atoms with E-state index in [0.29, 0.717) is 5.70 Å². The van der Waals surface area contributed by atoms with Crippen molar-refractivity contribution >= 4 is 29.3 Å². The number of methoxy groups -OCH3 is 2. The molecule has 1 heterocycles. The summed E-state index contributed by atoms with van der Waals surface area (Å²) < 4.78 is 9.89. The zero-order chi connectivity index (χ0) is 17.0. The number of amides is 1. The number of carbonyl (C=O) groups is 2. The van der Waals surface area contributed by atoms with Crippen molar-refractivity contribution in [1.29, 1.82) is 0 Å². The number of benzene rings is 1. The van der Waals surface area contributed by atoms with E-state index in [-0.39, 0.29) is 23.6 Å². The zero-order valence-corrected chi connectivity index (χ0v) is 14.6. The van der Waals surface area contributed by atoms with Gasteiger partial charge in [0.2, 0.25) is 5.91 Å². The molecule has 0 aromatic heterocycles. The van der Waals surface area contributed by atoms with E-state index in [1.165, 1.54) is 23.8 Å². The average molecular weight is 335 g/mol. The number of rotatable bonds is 5. The van der Waals surface area contributed by atoms with Gasteiger partial charge in [-0.1, -0.05) is 13.8 Å². The van der Waals surface area contributed by atoms with Crippen LogP contribution < -0.4 is 4.74 Å². The number of hydrogen-bond donors (Lipinski definition) is 0. The minimum Gasteiger partial charge on any atom is -0.497 e. The molecule has 1 aliphatic rings. The monoisotopic (exact) mass is 335 g/mol. The quantitative estimate of drug-likeness (QED) is 0.775. The van der Waals surface area contributed by atoms with E-state index in [1.807, 2.05) is 43.5 Å². The number of nitrogens with zero attached hydrogens (tertiary/aromatic N) is 1. The fourth-order valence-corrected chi connectivity index (χ4v) is 3.41. The van der Waals surface area contributed by atoms with Crippen molar-refractivity contribution in [2.75, 3.05) is 20.8 Å². The molecular weight excluding hydrogens is 314 g/mol. The van der Waals surface area contributed by atoms with Gasteiger partial charge >= 0.3 is 5.97 Å². The van der Waals surface area contributed by atoms with Crippen LogP contribution >= 0.6 is 11.8 Å². The molecule has 0 aliphatic carbocycles. The summed E-state index contributed by atoms with van der Waals surface area (Å²) in [4.78, 5) is 26.0. The third kappa shape index (κ3) is 3.88. The highest BCUT2D eigenvalue weighted by Gasteiger charge is 2.34. The fourth-order valence-electron chi connectivity index (χ4n) is 2.32. The Balaban J connectivity index is 2.36. The first-order chi connectivity index (χ1) is 11.0. The van der Waals surface area contributed by atoms with E-state index >= 15 is 0 Å². The smallest absolute Gasteiger partial charge is 0.325 e. The van der Waals surface area contributed by atoms with Crippen molar-refractivity contribution in [3.63, 3.8) is 0 Å². The van der Waals surface area contributed by atoms with Crippen molar-refractivity contribution in [2.45, 2.75) is 19.1 Å². The lowest BCUT2D eigenvalue weighted by atomic mass is 10.1. The van der Waals surface area contributed by atoms with Crippen LogP contribution in [-0.4, -0.2) is 42.8 Å². The van der Waals surface area contributed by atoms with E-state index in [2.05, 4.69) is 0 Å². The van der Waals surface area contributed by atoms with Gasteiger partial charge in [-0.3, -0.25) is 14.5 Å². The second-order valence-corrected chi connectivity index (χ2v) is 6.55. The molecule has 0 N–H and O–H groups in total. The van der Waals surface area contributed by atoms with Crippen molar-refractivity contribution in [2.24, 2.45) is 5.92 Å². The van der Waals surface area contributed by atoms with Gasteiger partial charge in [0.1, 0.15) is 12.3 Å². The van der Waals surface area contributed by atoms with Gasteiger partial charge in [-0.05, 0) is 41.2 Å². The molecule has 0 saturated heterocycles. The lowest BCUT2D eigenvalue weighted by Gasteiger charge is -2.33. The Kier molecular flexibility index (Phi) is 5.71. The lowest BCUT2D eigenvalue weighted by molar-refractivity contribution is -0.145. The van der Waals surface area contributed by atoms with Gasteiger partial charge in [-0.25, -0.2) is 0 Å². The standard InChI is InChI=1S/C17H21NO4S/c1-11(2)16-17(20)18(9-15(19)22-4)14(10-23-16)12-5-7-13(21-3)8-6-12/h5-8,10-11,16H,9H2,1-4H3. The minimum absolute atomic E-state index is 0.0660. The van der Waals surface area contributed by atoms with E-state index in [1.54, 1.807) is 7.11 Å². The minimum atomic E-state index is -0.438. The van der Waals surface area contributed by atoms with Gasteiger partial charge in [0.25, 0.3) is 0 Å². The molecule has 5 nitrogen and oxygen atoms in total. The van der Waals surface area contributed by atoms with Gasteiger partial charge in [-0.15, -0.1) is 11.8 Å². The van der Waals surface area contributed by atoms with Crippen LogP contribution in [-0.2, 0) is 14.3 Å². The molecule has 1 aliphatic heterocycles. The number of hydrogen-bond acceptors (Lipinski definition) is 5. The van der Waals surface area contributed by atoms with Crippen LogP contribution in [0.3, 0.4) is 0 Å². The Bertz CT molecular complexity index is 610. The Morgan fingerprint density at radius 2 is 1.91 bits per heavy atom. The molecular formula is C17H21NO4S. The van der Waals surface area contributed by atoms with Crippen molar-refractivity contribution in [3.05, 3.63) is 35.2 Å². The molecule has 1 atom stereocenters. The van der Waals surface area contributed by atoms with E-state index in [4.69, 9.17) is 9.47 Å². The highest BCUT2D eigenvalue weighted by molar-refractivity contribution is 8.03. The van der Waals surface area contributed by atoms with Gasteiger partial charge in [0, 0.05) is 0 Å². The third-order valence-corrected chi connectivity index (χ3v) is 5.03. The largest absolute Gasteiger partial charge is 0.497 e. The van der Waals surface area contributed by atoms with Crippen LogP contribution in [0.5, 0.6) is 5.75 Å². The summed E-state index contributed by atoms with van der Waals surface area (Å²) in [5.41, 5.74) is 1.57. The highest BCUT2D eigenvalue weighted by Crippen LogP contribution is 2.35. The fraction of sp³-hybridized carbons (Fsp3) is 0.412. The number of ether oxygens (including phenoxy) is 2. The van der Waals surface area contributed by atoms with Crippen LogP contribution in [0.15, 0.2) is 29.7 Å². The molecule has 1 amide bonds. The first-order valence-electron chi connectivity index (χ1n) is 7.36. The predicted octanol–water partition coefficient (Wildman–Crippen LogP) is 2.77. The van der Waals surface area contributed by atoms with Gasteiger partial charge in [0.05, 0.1) is 25.2 Å². The van der Waals surface area contributed by atoms with Crippen LogP contribution in [0.2, 0.25) is 0 Å². The molecule has 0 bridgehead atoms. The van der Waals surface area contributed by atoms with Crippen LogP contribution in [0.1, 0.15) is 19.4 Å². The van der Waals surface area contributed by atoms with Crippen molar-refractivity contribution in [3.8, 4) is 5.75 Å². The summed E-state index contributed by atoms with van der Waals surface area (Å²) in [6.45, 7) is 3.91. The maximum absolute atomic E-state index is 12.8. The second kappa shape index (κ2) is 7.55. The molecule has 0 radical (unpaired) electrons.